The summed E-state index contributed by atoms with van der Waals surface area (Å²) < 4.78 is 5.77. The van der Waals surface area contributed by atoms with Crippen molar-refractivity contribution in [3.05, 3.63) is 65.2 Å². The number of ether oxygens (including phenoxy) is 1. The van der Waals surface area contributed by atoms with E-state index in [0.717, 1.165) is 19.5 Å². The standard InChI is InChI=1S/C26H36N2O2.ClH/c1-5-18-30-24-11-7-6-10-22(24)25(29)27-19-23(28-16-8-9-17-28)20-12-14-21(15-13-20)26(2,3)4;/h6-7,10-15,23H,5,8-9,16-19H2,1-4H3,(H,27,29);1H. The molecule has 0 spiro atoms. The second-order valence-electron chi connectivity index (χ2n) is 9.19. The molecule has 0 radical (unpaired) electrons. The topological polar surface area (TPSA) is 41.6 Å². The molecule has 31 heavy (non-hydrogen) atoms. The summed E-state index contributed by atoms with van der Waals surface area (Å²) in [5, 5.41) is 3.18. The maximum absolute atomic E-state index is 13.0. The molecule has 1 heterocycles. The predicted octanol–water partition coefficient (Wildman–Crippen LogP) is 5.76. The molecule has 1 saturated heterocycles. The first-order chi connectivity index (χ1) is 14.4. The molecule has 2 aromatic rings. The Morgan fingerprint density at radius 3 is 2.32 bits per heavy atom. The maximum atomic E-state index is 13.0. The van der Waals surface area contributed by atoms with Gasteiger partial charge < -0.3 is 10.1 Å². The van der Waals surface area contributed by atoms with Crippen molar-refractivity contribution in [2.75, 3.05) is 26.2 Å². The monoisotopic (exact) mass is 444 g/mol. The van der Waals surface area contributed by atoms with Crippen LogP contribution in [-0.2, 0) is 5.41 Å². The lowest BCUT2D eigenvalue weighted by Gasteiger charge is -2.29. The van der Waals surface area contributed by atoms with Gasteiger partial charge in [-0.3, -0.25) is 9.69 Å². The smallest absolute Gasteiger partial charge is 0.255 e. The number of halogens is 1. The van der Waals surface area contributed by atoms with E-state index < -0.39 is 0 Å². The number of nitrogens with zero attached hydrogens (tertiary/aromatic N) is 1. The highest BCUT2D eigenvalue weighted by Gasteiger charge is 2.25. The van der Waals surface area contributed by atoms with Crippen LogP contribution in [0.2, 0.25) is 0 Å². The molecule has 0 saturated carbocycles. The Morgan fingerprint density at radius 1 is 1.06 bits per heavy atom. The molecule has 1 aliphatic heterocycles. The zero-order valence-corrected chi connectivity index (χ0v) is 20.1. The third kappa shape index (κ3) is 6.72. The van der Waals surface area contributed by atoms with Gasteiger partial charge in [0.25, 0.3) is 5.91 Å². The number of amides is 1. The van der Waals surface area contributed by atoms with Gasteiger partial charge in [0.2, 0.25) is 0 Å². The van der Waals surface area contributed by atoms with Gasteiger partial charge in [0.1, 0.15) is 5.75 Å². The van der Waals surface area contributed by atoms with E-state index in [1.165, 1.54) is 24.0 Å². The molecule has 1 N–H and O–H groups in total. The quantitative estimate of drug-likeness (QED) is 0.562. The molecule has 1 amide bonds. The van der Waals surface area contributed by atoms with Crippen LogP contribution in [0.4, 0.5) is 0 Å². The molecular weight excluding hydrogens is 408 g/mol. The van der Waals surface area contributed by atoms with E-state index in [9.17, 15) is 4.79 Å². The van der Waals surface area contributed by atoms with Crippen molar-refractivity contribution in [2.45, 2.75) is 58.4 Å². The summed E-state index contributed by atoms with van der Waals surface area (Å²) in [7, 11) is 0. The predicted molar refractivity (Wildman–Crippen MR) is 130 cm³/mol. The Hall–Kier alpha value is -2.04. The lowest BCUT2D eigenvalue weighted by molar-refractivity contribution is 0.0934. The van der Waals surface area contributed by atoms with E-state index in [-0.39, 0.29) is 29.8 Å². The fourth-order valence-corrected chi connectivity index (χ4v) is 3.99. The van der Waals surface area contributed by atoms with Gasteiger partial charge in [0.15, 0.2) is 0 Å². The van der Waals surface area contributed by atoms with E-state index in [0.29, 0.717) is 24.5 Å². The van der Waals surface area contributed by atoms with Gasteiger partial charge in [-0.2, -0.15) is 0 Å². The number of carbonyl (C=O) groups is 1. The van der Waals surface area contributed by atoms with Crippen molar-refractivity contribution in [3.8, 4) is 5.75 Å². The molecule has 170 valence electrons. The van der Waals surface area contributed by atoms with Crippen molar-refractivity contribution in [2.24, 2.45) is 0 Å². The van der Waals surface area contributed by atoms with E-state index in [2.05, 4.69) is 62.2 Å². The van der Waals surface area contributed by atoms with Crippen LogP contribution in [0.15, 0.2) is 48.5 Å². The molecule has 1 unspecified atom stereocenters. The largest absolute Gasteiger partial charge is 0.493 e. The van der Waals surface area contributed by atoms with E-state index in [4.69, 9.17) is 4.74 Å². The number of benzene rings is 2. The highest BCUT2D eigenvalue weighted by molar-refractivity contribution is 5.96. The first kappa shape index (κ1) is 25.2. The number of hydrogen-bond donors (Lipinski definition) is 1. The summed E-state index contributed by atoms with van der Waals surface area (Å²) in [6.07, 6.45) is 3.36. The zero-order valence-electron chi connectivity index (χ0n) is 19.3. The van der Waals surface area contributed by atoms with Crippen molar-refractivity contribution < 1.29 is 9.53 Å². The first-order valence-electron chi connectivity index (χ1n) is 11.2. The molecular formula is C26H37ClN2O2. The minimum Gasteiger partial charge on any atom is -0.493 e. The molecule has 0 bridgehead atoms. The highest BCUT2D eigenvalue weighted by atomic mass is 35.5. The minimum absolute atomic E-state index is 0. The molecule has 1 aliphatic rings. The number of para-hydroxylation sites is 1. The first-order valence-corrected chi connectivity index (χ1v) is 11.2. The molecule has 0 aromatic heterocycles. The van der Waals surface area contributed by atoms with Crippen molar-refractivity contribution in [1.29, 1.82) is 0 Å². The molecule has 1 fully saturated rings. The molecule has 1 atom stereocenters. The van der Waals surface area contributed by atoms with Gasteiger partial charge in [0.05, 0.1) is 18.2 Å². The summed E-state index contributed by atoms with van der Waals surface area (Å²) in [4.78, 5) is 15.4. The summed E-state index contributed by atoms with van der Waals surface area (Å²) in [5.74, 6) is 0.585. The van der Waals surface area contributed by atoms with Crippen LogP contribution in [0.3, 0.4) is 0 Å². The van der Waals surface area contributed by atoms with Gasteiger partial charge in [0, 0.05) is 6.54 Å². The van der Waals surface area contributed by atoms with Crippen LogP contribution in [0, 0.1) is 0 Å². The molecule has 5 heteroatoms. The average Bonchev–Trinajstić information content (AvgIpc) is 3.27. The fourth-order valence-electron chi connectivity index (χ4n) is 3.99. The second-order valence-corrected chi connectivity index (χ2v) is 9.19. The molecule has 0 aliphatic carbocycles. The third-order valence-corrected chi connectivity index (χ3v) is 5.79. The highest BCUT2D eigenvalue weighted by Crippen LogP contribution is 2.28. The summed E-state index contributed by atoms with van der Waals surface area (Å²) in [6, 6.07) is 16.6. The number of carbonyl (C=O) groups excluding carboxylic acids is 1. The Balaban J connectivity index is 0.00000341. The Bertz CT molecular complexity index is 824. The number of nitrogens with one attached hydrogen (secondary N) is 1. The average molecular weight is 445 g/mol. The molecule has 2 aromatic carbocycles. The lowest BCUT2D eigenvalue weighted by atomic mass is 9.86. The van der Waals surface area contributed by atoms with Crippen LogP contribution < -0.4 is 10.1 Å². The normalized spacial score (nSPS) is 15.2. The van der Waals surface area contributed by atoms with Crippen LogP contribution in [0.5, 0.6) is 5.75 Å². The lowest BCUT2D eigenvalue weighted by Crippen LogP contribution is -2.37. The van der Waals surface area contributed by atoms with E-state index in [1.807, 2.05) is 24.3 Å². The van der Waals surface area contributed by atoms with Gasteiger partial charge >= 0.3 is 0 Å². The molecule has 3 rings (SSSR count). The van der Waals surface area contributed by atoms with Gasteiger partial charge in [-0.15, -0.1) is 12.4 Å². The van der Waals surface area contributed by atoms with Crippen LogP contribution >= 0.6 is 12.4 Å². The Labute approximate surface area is 193 Å². The summed E-state index contributed by atoms with van der Waals surface area (Å²) in [5.41, 5.74) is 3.34. The van der Waals surface area contributed by atoms with Gasteiger partial charge in [-0.05, 0) is 61.0 Å². The van der Waals surface area contributed by atoms with E-state index in [1.54, 1.807) is 0 Å². The van der Waals surface area contributed by atoms with Gasteiger partial charge in [-0.25, -0.2) is 0 Å². The SMILES string of the molecule is CCCOc1ccccc1C(=O)NCC(c1ccc(C(C)(C)C)cc1)N1CCCC1.Cl. The van der Waals surface area contributed by atoms with Crippen LogP contribution in [-0.4, -0.2) is 37.0 Å². The number of likely N-dealkylation sites (tertiary alicyclic amines) is 1. The number of hydrogen-bond acceptors (Lipinski definition) is 3. The summed E-state index contributed by atoms with van der Waals surface area (Å²) >= 11 is 0. The summed E-state index contributed by atoms with van der Waals surface area (Å²) in [6.45, 7) is 12.1. The maximum Gasteiger partial charge on any atom is 0.255 e. The zero-order chi connectivity index (χ0) is 21.6. The van der Waals surface area contributed by atoms with E-state index >= 15 is 0 Å². The third-order valence-electron chi connectivity index (χ3n) is 5.79. The Kier molecular flexibility index (Phi) is 9.39. The second kappa shape index (κ2) is 11.5. The van der Waals surface area contributed by atoms with Crippen molar-refractivity contribution in [1.82, 2.24) is 10.2 Å². The minimum atomic E-state index is -0.0720. The van der Waals surface area contributed by atoms with Crippen molar-refractivity contribution >= 4 is 18.3 Å². The molecule has 4 nitrogen and oxygen atoms in total. The number of rotatable bonds is 8. The fraction of sp³-hybridized carbons (Fsp3) is 0.500. The van der Waals surface area contributed by atoms with Crippen molar-refractivity contribution in [3.63, 3.8) is 0 Å². The van der Waals surface area contributed by atoms with Gasteiger partial charge in [-0.1, -0.05) is 64.1 Å². The Morgan fingerprint density at radius 2 is 1.71 bits per heavy atom. The van der Waals surface area contributed by atoms with Crippen LogP contribution in [0.1, 0.15) is 74.5 Å². The van der Waals surface area contributed by atoms with Crippen LogP contribution in [0.25, 0.3) is 0 Å².